The maximum atomic E-state index is 13.5. The molecule has 1 atom stereocenters. The largest absolute Gasteiger partial charge is 0.472 e. The molecule has 0 radical (unpaired) electrons. The summed E-state index contributed by atoms with van der Waals surface area (Å²) >= 11 is 0. The first-order chi connectivity index (χ1) is 15.3. The second-order valence-electron chi connectivity index (χ2n) is 6.17. The van der Waals surface area contributed by atoms with E-state index in [9.17, 15) is 79.0 Å². The van der Waals surface area contributed by atoms with Gasteiger partial charge in [0.25, 0.3) is 6.36 Å². The van der Waals surface area contributed by atoms with E-state index in [1.54, 1.807) is 4.74 Å². The number of hydrogen-bond acceptors (Lipinski definition) is 3. The molecule has 0 bridgehead atoms. The average molecular weight is 568 g/mol. The Morgan fingerprint density at radius 1 is 0.657 bits per heavy atom. The summed E-state index contributed by atoms with van der Waals surface area (Å²) < 4.78 is 242. The molecule has 35 heavy (non-hydrogen) atoms. The normalized spacial score (nSPS) is 15.7. The Hall–Kier alpha value is -1.80. The molecular formula is C14H10F18O3. The molecule has 0 aromatic rings. The van der Waals surface area contributed by atoms with Crippen LogP contribution in [0.4, 0.5) is 79.0 Å². The molecule has 21 heteroatoms. The fourth-order valence-corrected chi connectivity index (χ4v) is 1.67. The van der Waals surface area contributed by atoms with Crippen molar-refractivity contribution in [3.05, 3.63) is 12.1 Å². The molecule has 0 spiro atoms. The molecular weight excluding hydrogens is 558 g/mol. The van der Waals surface area contributed by atoms with Gasteiger partial charge in [-0.25, -0.2) is 4.39 Å². The maximum Gasteiger partial charge on any atom is 0.472 e. The molecule has 0 aliphatic rings. The number of hydrogen-bond donors (Lipinski definition) is 0. The monoisotopic (exact) mass is 568 g/mol. The van der Waals surface area contributed by atoms with Crippen LogP contribution < -0.4 is 0 Å². The molecule has 3 nitrogen and oxygen atoms in total. The Morgan fingerprint density at radius 3 is 1.43 bits per heavy atom. The second-order valence-corrected chi connectivity index (χ2v) is 6.17. The highest BCUT2D eigenvalue weighted by Gasteiger charge is 2.92. The summed E-state index contributed by atoms with van der Waals surface area (Å²) in [6.07, 6.45) is -30.3. The van der Waals surface area contributed by atoms with Crippen LogP contribution in [-0.2, 0) is 14.2 Å². The van der Waals surface area contributed by atoms with Crippen LogP contribution in [0.15, 0.2) is 12.1 Å². The van der Waals surface area contributed by atoms with Gasteiger partial charge in [-0.3, -0.25) is 4.74 Å². The Morgan fingerprint density at radius 2 is 1.06 bits per heavy atom. The molecule has 0 aliphatic heterocycles. The van der Waals surface area contributed by atoms with Crippen molar-refractivity contribution in [1.29, 1.82) is 0 Å². The van der Waals surface area contributed by atoms with Crippen LogP contribution in [0.5, 0.6) is 0 Å². The van der Waals surface area contributed by atoms with E-state index < -0.39 is 67.1 Å². The van der Waals surface area contributed by atoms with E-state index in [0.717, 1.165) is 0 Å². The minimum Gasteiger partial charge on any atom is -0.397 e. The Labute approximate surface area is 181 Å². The van der Waals surface area contributed by atoms with Gasteiger partial charge in [0.2, 0.25) is 0 Å². The molecule has 0 aromatic carbocycles. The molecule has 0 aromatic heterocycles. The van der Waals surface area contributed by atoms with Crippen molar-refractivity contribution < 1.29 is 93.2 Å². The van der Waals surface area contributed by atoms with Gasteiger partial charge in [0.15, 0.2) is 0 Å². The number of unbranched alkanes of at least 4 members (excludes halogenated alkanes) is 1. The first-order valence-corrected chi connectivity index (χ1v) is 8.27. The minimum atomic E-state index is -8.48. The third-order valence-corrected chi connectivity index (χ3v) is 3.59. The Bertz CT molecular complexity index is 745. The van der Waals surface area contributed by atoms with Crippen LogP contribution in [0, 0.1) is 0 Å². The van der Waals surface area contributed by atoms with Gasteiger partial charge in [-0.2, -0.15) is 74.6 Å². The van der Waals surface area contributed by atoms with Crippen LogP contribution in [0.2, 0.25) is 0 Å². The first kappa shape index (κ1) is 33.2. The highest BCUT2D eigenvalue weighted by molar-refractivity contribution is 5.09. The highest BCUT2D eigenvalue weighted by Crippen LogP contribution is 2.61. The predicted molar refractivity (Wildman–Crippen MR) is 72.9 cm³/mol. The molecule has 0 aliphatic carbocycles. The summed E-state index contributed by atoms with van der Waals surface area (Å²) in [5.41, 5.74) is 0. The summed E-state index contributed by atoms with van der Waals surface area (Å²) in [7, 11) is 0. The van der Waals surface area contributed by atoms with E-state index in [4.69, 9.17) is 0 Å². The van der Waals surface area contributed by atoms with E-state index in [0.29, 0.717) is 0 Å². The van der Waals surface area contributed by atoms with Crippen LogP contribution in [0.1, 0.15) is 19.8 Å². The number of alkyl halides is 15. The van der Waals surface area contributed by atoms with Crippen LogP contribution in [0.25, 0.3) is 0 Å². The number of ether oxygens (including phenoxy) is 3. The van der Waals surface area contributed by atoms with Crippen molar-refractivity contribution in [3.63, 3.8) is 0 Å². The van der Waals surface area contributed by atoms with E-state index in [2.05, 4.69) is 4.74 Å². The van der Waals surface area contributed by atoms with Crippen molar-refractivity contribution >= 4 is 0 Å². The molecule has 0 N–H and O–H groups in total. The first-order valence-electron chi connectivity index (χ1n) is 8.27. The van der Waals surface area contributed by atoms with Crippen LogP contribution >= 0.6 is 0 Å². The summed E-state index contributed by atoms with van der Waals surface area (Å²) in [5, 5.41) is 0. The van der Waals surface area contributed by atoms with E-state index in [-0.39, 0.29) is 12.8 Å². The van der Waals surface area contributed by atoms with Gasteiger partial charge in [0.1, 0.15) is 0 Å². The number of rotatable bonds is 14. The van der Waals surface area contributed by atoms with Gasteiger partial charge in [-0.15, -0.1) is 0 Å². The van der Waals surface area contributed by atoms with Crippen molar-refractivity contribution in [2.45, 2.75) is 68.1 Å². The van der Waals surface area contributed by atoms with E-state index in [1.807, 2.05) is 4.74 Å². The highest BCUT2D eigenvalue weighted by atomic mass is 19.4. The molecule has 0 amide bonds. The van der Waals surface area contributed by atoms with Crippen LogP contribution in [-0.4, -0.2) is 55.0 Å². The third-order valence-electron chi connectivity index (χ3n) is 3.59. The van der Waals surface area contributed by atoms with Crippen molar-refractivity contribution in [2.24, 2.45) is 0 Å². The van der Waals surface area contributed by atoms with Gasteiger partial charge < -0.3 is 9.47 Å². The fraction of sp³-hybridized carbons (Fsp3) is 0.857. The van der Waals surface area contributed by atoms with Gasteiger partial charge in [0.05, 0.1) is 6.61 Å². The smallest absolute Gasteiger partial charge is 0.397 e. The zero-order valence-corrected chi connectivity index (χ0v) is 16.2. The summed E-state index contributed by atoms with van der Waals surface area (Å²) in [5.74, 6) is -33.4. The molecule has 1 unspecified atom stereocenters. The SMILES string of the molecule is CCCCOC(F)(F)C(F)OC(F)(F)C(F)(F)C(F)(F)C(F)(F)C(F)(F)C(F)(F)OC(F)=C(F)F. The molecule has 210 valence electrons. The topological polar surface area (TPSA) is 27.7 Å². The zero-order chi connectivity index (χ0) is 28.5. The zero-order valence-electron chi connectivity index (χ0n) is 16.2. The summed E-state index contributed by atoms with van der Waals surface area (Å²) in [6, 6.07) is -4.10. The molecule has 0 rings (SSSR count). The standard InChI is InChI=1S/C14H10F18O3/c1-2-3-4-33-8(19,20)7(18)35-14(31,32)12(27,28)10(23,24)9(21,22)11(25,26)13(29,30)34-6(17)5(15)16/h7H,2-4H2,1H3. The minimum absolute atomic E-state index is 0.0314. The fourth-order valence-electron chi connectivity index (χ4n) is 1.67. The van der Waals surface area contributed by atoms with Crippen molar-refractivity contribution in [1.82, 2.24) is 0 Å². The van der Waals surface area contributed by atoms with E-state index >= 15 is 0 Å². The maximum absolute atomic E-state index is 13.5. The van der Waals surface area contributed by atoms with Gasteiger partial charge >= 0.3 is 54.1 Å². The summed E-state index contributed by atoms with van der Waals surface area (Å²) in [6.45, 7) is 0.125. The molecule has 0 fully saturated rings. The van der Waals surface area contributed by atoms with Gasteiger partial charge in [-0.1, -0.05) is 13.3 Å². The predicted octanol–water partition coefficient (Wildman–Crippen LogP) is 7.49. The van der Waals surface area contributed by atoms with Gasteiger partial charge in [-0.05, 0) is 6.42 Å². The van der Waals surface area contributed by atoms with Crippen molar-refractivity contribution in [2.75, 3.05) is 6.61 Å². The van der Waals surface area contributed by atoms with Gasteiger partial charge in [0, 0.05) is 0 Å². The summed E-state index contributed by atoms with van der Waals surface area (Å²) in [4.78, 5) is 0. The average Bonchev–Trinajstić information content (AvgIpc) is 2.66. The van der Waals surface area contributed by atoms with E-state index in [1.165, 1.54) is 6.92 Å². The van der Waals surface area contributed by atoms with Crippen LogP contribution in [0.3, 0.4) is 0 Å². The Balaban J connectivity index is 6.24. The third kappa shape index (κ3) is 6.13. The lowest BCUT2D eigenvalue weighted by Gasteiger charge is -2.40. The lowest BCUT2D eigenvalue weighted by atomic mass is 9.97. The van der Waals surface area contributed by atoms with Crippen molar-refractivity contribution in [3.8, 4) is 0 Å². The lowest BCUT2D eigenvalue weighted by molar-refractivity contribution is -0.491. The Kier molecular flexibility index (Phi) is 9.76. The number of halogens is 18. The molecule has 0 saturated carbocycles. The molecule has 0 heterocycles. The lowest BCUT2D eigenvalue weighted by Crippen LogP contribution is -2.71. The quantitative estimate of drug-likeness (QED) is 0.124. The molecule has 0 saturated heterocycles. The second kappa shape index (κ2) is 10.3.